The molecule has 23 heavy (non-hydrogen) atoms. The van der Waals surface area contributed by atoms with Crippen molar-refractivity contribution in [3.8, 4) is 0 Å². The second-order valence-electron chi connectivity index (χ2n) is 6.16. The molecule has 1 aliphatic rings. The molecule has 1 fully saturated rings. The molecular weight excluding hydrogens is 359 g/mol. The summed E-state index contributed by atoms with van der Waals surface area (Å²) in [7, 11) is -3.80. The zero-order valence-electron chi connectivity index (χ0n) is 13.0. The summed E-state index contributed by atoms with van der Waals surface area (Å²) in [4.78, 5) is 12.1. The van der Waals surface area contributed by atoms with Gasteiger partial charge in [0, 0.05) is 13.1 Å². The van der Waals surface area contributed by atoms with E-state index in [0.717, 1.165) is 12.8 Å². The number of carbonyl (C=O) groups excluding carboxylic acids is 1. The molecule has 2 rings (SSSR count). The summed E-state index contributed by atoms with van der Waals surface area (Å²) in [5, 5.41) is 2.89. The number of halogens is 2. The van der Waals surface area contributed by atoms with Gasteiger partial charge in [-0.2, -0.15) is 0 Å². The zero-order chi connectivity index (χ0) is 17.2. The van der Waals surface area contributed by atoms with Gasteiger partial charge in [-0.3, -0.25) is 4.79 Å². The lowest BCUT2D eigenvalue weighted by Crippen LogP contribution is -2.29. The van der Waals surface area contributed by atoms with Crippen LogP contribution in [-0.2, 0) is 10.0 Å². The van der Waals surface area contributed by atoms with Gasteiger partial charge in [0.15, 0.2) is 0 Å². The van der Waals surface area contributed by atoms with E-state index in [-0.39, 0.29) is 38.9 Å². The van der Waals surface area contributed by atoms with E-state index in [1.807, 2.05) is 13.8 Å². The highest BCUT2D eigenvalue weighted by atomic mass is 35.5. The van der Waals surface area contributed by atoms with Crippen molar-refractivity contribution in [3.05, 3.63) is 27.7 Å². The van der Waals surface area contributed by atoms with Crippen LogP contribution >= 0.6 is 23.2 Å². The van der Waals surface area contributed by atoms with Gasteiger partial charge in [0.1, 0.15) is 4.90 Å². The molecule has 0 bridgehead atoms. The SMILES string of the molecule is CC(C)CNS(=O)(=O)c1cc(C(=O)NCC2CC2)c(Cl)cc1Cl. The second-order valence-corrected chi connectivity index (χ2v) is 8.71. The Morgan fingerprint density at radius 2 is 1.91 bits per heavy atom. The molecule has 0 saturated heterocycles. The van der Waals surface area contributed by atoms with Gasteiger partial charge in [-0.25, -0.2) is 13.1 Å². The first-order chi connectivity index (χ1) is 10.7. The molecule has 0 aliphatic heterocycles. The maximum absolute atomic E-state index is 12.3. The maximum Gasteiger partial charge on any atom is 0.252 e. The quantitative estimate of drug-likeness (QED) is 0.765. The van der Waals surface area contributed by atoms with Crippen molar-refractivity contribution in [2.45, 2.75) is 31.6 Å². The van der Waals surface area contributed by atoms with Gasteiger partial charge in [-0.05, 0) is 36.8 Å². The second kappa shape index (κ2) is 7.38. The van der Waals surface area contributed by atoms with Crippen LogP contribution in [0.3, 0.4) is 0 Å². The summed E-state index contributed by atoms with van der Waals surface area (Å²) in [5.74, 6) is 0.275. The summed E-state index contributed by atoms with van der Waals surface area (Å²) in [6, 6.07) is 2.52. The van der Waals surface area contributed by atoms with Crippen molar-refractivity contribution in [3.63, 3.8) is 0 Å². The lowest BCUT2D eigenvalue weighted by molar-refractivity contribution is 0.0951. The number of amides is 1. The summed E-state index contributed by atoms with van der Waals surface area (Å²) in [6.07, 6.45) is 2.21. The van der Waals surface area contributed by atoms with E-state index < -0.39 is 10.0 Å². The van der Waals surface area contributed by atoms with Crippen molar-refractivity contribution in [2.75, 3.05) is 13.1 Å². The first-order valence-electron chi connectivity index (χ1n) is 7.47. The minimum atomic E-state index is -3.80. The largest absolute Gasteiger partial charge is 0.352 e. The molecule has 0 aromatic heterocycles. The number of carbonyl (C=O) groups is 1. The Kier molecular flexibility index (Phi) is 5.94. The average molecular weight is 379 g/mol. The molecule has 128 valence electrons. The molecule has 1 amide bonds. The Morgan fingerprint density at radius 1 is 1.26 bits per heavy atom. The third-order valence-corrected chi connectivity index (χ3v) is 5.69. The Bertz CT molecular complexity index is 701. The minimum absolute atomic E-state index is 0.00926. The first-order valence-corrected chi connectivity index (χ1v) is 9.71. The molecule has 5 nitrogen and oxygen atoms in total. The smallest absolute Gasteiger partial charge is 0.252 e. The number of hydrogen-bond donors (Lipinski definition) is 2. The van der Waals surface area contributed by atoms with Gasteiger partial charge in [0.25, 0.3) is 5.91 Å². The van der Waals surface area contributed by atoms with Gasteiger partial charge < -0.3 is 5.32 Å². The first kappa shape index (κ1) is 18.5. The molecule has 0 unspecified atom stereocenters. The third kappa shape index (κ3) is 5.08. The fourth-order valence-corrected chi connectivity index (χ4v) is 3.99. The molecule has 1 aromatic carbocycles. The molecule has 0 atom stereocenters. The third-order valence-electron chi connectivity index (χ3n) is 3.49. The molecule has 1 aromatic rings. The number of nitrogens with one attached hydrogen (secondary N) is 2. The fraction of sp³-hybridized carbons (Fsp3) is 0.533. The molecule has 0 heterocycles. The average Bonchev–Trinajstić information content (AvgIpc) is 3.26. The number of rotatable bonds is 7. The number of sulfonamides is 1. The van der Waals surface area contributed by atoms with Crippen LogP contribution in [0.2, 0.25) is 10.0 Å². The highest BCUT2D eigenvalue weighted by Gasteiger charge is 2.25. The summed E-state index contributed by atoms with van der Waals surface area (Å²) < 4.78 is 27.2. The zero-order valence-corrected chi connectivity index (χ0v) is 15.4. The van der Waals surface area contributed by atoms with E-state index in [0.29, 0.717) is 12.5 Å². The van der Waals surface area contributed by atoms with E-state index in [1.54, 1.807) is 0 Å². The predicted octanol–water partition coefficient (Wildman–Crippen LogP) is 3.07. The fourth-order valence-electron chi connectivity index (χ4n) is 1.92. The van der Waals surface area contributed by atoms with Gasteiger partial charge in [0.05, 0.1) is 15.6 Å². The maximum atomic E-state index is 12.3. The van der Waals surface area contributed by atoms with E-state index in [1.165, 1.54) is 12.1 Å². The van der Waals surface area contributed by atoms with Gasteiger partial charge in [-0.15, -0.1) is 0 Å². The Balaban J connectivity index is 2.25. The molecule has 8 heteroatoms. The van der Waals surface area contributed by atoms with Crippen molar-refractivity contribution in [1.29, 1.82) is 0 Å². The van der Waals surface area contributed by atoms with Gasteiger partial charge in [0.2, 0.25) is 10.0 Å². The van der Waals surface area contributed by atoms with Crippen LogP contribution in [0.4, 0.5) is 0 Å². The summed E-state index contributed by atoms with van der Waals surface area (Å²) in [6.45, 7) is 4.64. The van der Waals surface area contributed by atoms with E-state index in [9.17, 15) is 13.2 Å². The van der Waals surface area contributed by atoms with E-state index in [2.05, 4.69) is 10.0 Å². The summed E-state index contributed by atoms with van der Waals surface area (Å²) >= 11 is 12.1. The molecule has 1 aliphatic carbocycles. The van der Waals surface area contributed by atoms with Gasteiger partial charge >= 0.3 is 0 Å². The Labute approximate surface area is 146 Å². The Morgan fingerprint density at radius 3 is 2.48 bits per heavy atom. The van der Waals surface area contributed by atoms with Gasteiger partial charge in [-0.1, -0.05) is 37.0 Å². The van der Waals surface area contributed by atoms with Crippen LogP contribution in [0.15, 0.2) is 17.0 Å². The predicted molar refractivity (Wildman–Crippen MR) is 91.5 cm³/mol. The molecular formula is C15H20Cl2N2O3S. The van der Waals surface area contributed by atoms with Crippen LogP contribution in [0.1, 0.15) is 37.0 Å². The van der Waals surface area contributed by atoms with Crippen LogP contribution in [0.25, 0.3) is 0 Å². The normalized spacial score (nSPS) is 15.0. The molecule has 0 spiro atoms. The monoisotopic (exact) mass is 378 g/mol. The molecule has 0 radical (unpaired) electrons. The van der Waals surface area contributed by atoms with Crippen molar-refractivity contribution < 1.29 is 13.2 Å². The lowest BCUT2D eigenvalue weighted by Gasteiger charge is -2.13. The van der Waals surface area contributed by atoms with Crippen molar-refractivity contribution >= 4 is 39.1 Å². The highest BCUT2D eigenvalue weighted by Crippen LogP contribution is 2.30. The van der Waals surface area contributed by atoms with Crippen LogP contribution < -0.4 is 10.0 Å². The standard InChI is InChI=1S/C15H20Cl2N2O3S/c1-9(2)7-19-23(21,22)14-5-11(12(16)6-13(14)17)15(20)18-8-10-3-4-10/h5-6,9-10,19H,3-4,7-8H2,1-2H3,(H,18,20). The van der Waals surface area contributed by atoms with Crippen molar-refractivity contribution in [1.82, 2.24) is 10.0 Å². The molecule has 1 saturated carbocycles. The minimum Gasteiger partial charge on any atom is -0.352 e. The van der Waals surface area contributed by atoms with Crippen LogP contribution in [0, 0.1) is 11.8 Å². The van der Waals surface area contributed by atoms with Crippen LogP contribution in [0.5, 0.6) is 0 Å². The number of benzene rings is 1. The van der Waals surface area contributed by atoms with Crippen LogP contribution in [-0.4, -0.2) is 27.4 Å². The van der Waals surface area contributed by atoms with E-state index in [4.69, 9.17) is 23.2 Å². The number of hydrogen-bond acceptors (Lipinski definition) is 3. The van der Waals surface area contributed by atoms with E-state index >= 15 is 0 Å². The summed E-state index contributed by atoms with van der Waals surface area (Å²) in [5.41, 5.74) is 0.113. The highest BCUT2D eigenvalue weighted by molar-refractivity contribution is 7.89. The molecule has 2 N–H and O–H groups in total. The Hall–Kier alpha value is -0.820. The van der Waals surface area contributed by atoms with Crippen molar-refractivity contribution in [2.24, 2.45) is 11.8 Å². The lowest BCUT2D eigenvalue weighted by atomic mass is 10.2. The topological polar surface area (TPSA) is 75.3 Å².